The van der Waals surface area contributed by atoms with Crippen LogP contribution in [-0.4, -0.2) is 29.5 Å². The summed E-state index contributed by atoms with van der Waals surface area (Å²) in [5, 5.41) is 13.3. The number of rotatable bonds is 3. The maximum atomic E-state index is 9.47. The summed E-state index contributed by atoms with van der Waals surface area (Å²) in [6, 6.07) is 14.8. The molecule has 1 atom stereocenters. The third kappa shape index (κ3) is 3.13. The average molecular weight is 257 g/mol. The second-order valence-corrected chi connectivity index (χ2v) is 5.17. The van der Waals surface area contributed by atoms with Gasteiger partial charge in [0, 0.05) is 6.54 Å². The van der Waals surface area contributed by atoms with Crippen molar-refractivity contribution in [3.05, 3.63) is 48.0 Å². The molecule has 1 N–H and O–H groups in total. The van der Waals surface area contributed by atoms with E-state index in [2.05, 4.69) is 42.5 Å². The van der Waals surface area contributed by atoms with Gasteiger partial charge in [-0.1, -0.05) is 36.4 Å². The molecule has 0 aliphatic carbocycles. The van der Waals surface area contributed by atoms with Crippen molar-refractivity contribution in [3.8, 4) is 0 Å². The molecule has 2 aromatic rings. The Hall–Kier alpha value is -1.42. The molecule has 0 spiro atoms. The summed E-state index contributed by atoms with van der Waals surface area (Å²) >= 11 is 0. The fraction of sp³-hybridized carbons (Fsp3) is 0.375. The van der Waals surface area contributed by atoms with Gasteiger partial charge in [-0.3, -0.25) is 0 Å². The molecule has 1 fully saturated rings. The fourth-order valence-corrected chi connectivity index (χ4v) is 2.60. The minimum absolute atomic E-state index is 0.144. The van der Waals surface area contributed by atoms with Gasteiger partial charge in [0.2, 0.25) is 0 Å². The van der Waals surface area contributed by atoms with Crippen LogP contribution in [-0.2, 0) is 11.3 Å². The summed E-state index contributed by atoms with van der Waals surface area (Å²) in [4.78, 5) is 0. The zero-order valence-corrected chi connectivity index (χ0v) is 11.0. The first-order valence-electron chi connectivity index (χ1n) is 6.84. The highest BCUT2D eigenvalue weighted by Crippen LogP contribution is 2.18. The number of hydrogen-bond donors (Lipinski definition) is 1. The normalized spacial score (nSPS) is 20.8. The van der Waals surface area contributed by atoms with Crippen molar-refractivity contribution in [2.24, 2.45) is 0 Å². The topological polar surface area (TPSA) is 32.7 Å². The predicted octanol–water partition coefficient (Wildman–Crippen LogP) is 3.21. The Labute approximate surface area is 113 Å². The van der Waals surface area contributed by atoms with Gasteiger partial charge in [0.1, 0.15) is 0 Å². The Balaban J connectivity index is 1.64. The van der Waals surface area contributed by atoms with Crippen LogP contribution in [0.3, 0.4) is 0 Å². The van der Waals surface area contributed by atoms with Gasteiger partial charge in [-0.2, -0.15) is 5.06 Å². The van der Waals surface area contributed by atoms with E-state index in [1.54, 1.807) is 0 Å². The molecule has 3 rings (SSSR count). The van der Waals surface area contributed by atoms with Gasteiger partial charge in [-0.05, 0) is 35.2 Å². The number of hydroxylamine groups is 2. The van der Waals surface area contributed by atoms with E-state index in [0.717, 1.165) is 19.4 Å². The lowest BCUT2D eigenvalue weighted by Gasteiger charge is -2.28. The molecule has 0 radical (unpaired) electrons. The Morgan fingerprint density at radius 3 is 2.84 bits per heavy atom. The van der Waals surface area contributed by atoms with E-state index in [4.69, 9.17) is 4.74 Å². The van der Waals surface area contributed by atoms with Crippen molar-refractivity contribution in [2.45, 2.75) is 25.6 Å². The third-order valence-electron chi connectivity index (χ3n) is 3.66. The SMILES string of the molecule is ON1CCCC(OCc2ccc3ccccc3c2)C1. The van der Waals surface area contributed by atoms with E-state index >= 15 is 0 Å². The molecule has 0 amide bonds. The maximum absolute atomic E-state index is 9.47. The zero-order chi connectivity index (χ0) is 13.1. The average Bonchev–Trinajstić information content (AvgIpc) is 2.45. The van der Waals surface area contributed by atoms with E-state index < -0.39 is 0 Å². The molecule has 3 heteroatoms. The van der Waals surface area contributed by atoms with Crippen LogP contribution >= 0.6 is 0 Å². The molecule has 3 nitrogen and oxygen atoms in total. The van der Waals surface area contributed by atoms with Gasteiger partial charge in [0.05, 0.1) is 19.3 Å². The molecular formula is C16H19NO2. The molecule has 1 heterocycles. The van der Waals surface area contributed by atoms with E-state index in [-0.39, 0.29) is 6.10 Å². The predicted molar refractivity (Wildman–Crippen MR) is 75.1 cm³/mol. The van der Waals surface area contributed by atoms with Crippen LogP contribution in [0.25, 0.3) is 10.8 Å². The van der Waals surface area contributed by atoms with Crippen LogP contribution in [0.2, 0.25) is 0 Å². The van der Waals surface area contributed by atoms with Gasteiger partial charge >= 0.3 is 0 Å². The zero-order valence-electron chi connectivity index (χ0n) is 11.0. The van der Waals surface area contributed by atoms with Crippen molar-refractivity contribution in [1.82, 2.24) is 5.06 Å². The standard InChI is InChI=1S/C16H19NO2/c18-17-9-3-6-16(11-17)19-12-13-7-8-14-4-1-2-5-15(14)10-13/h1-2,4-5,7-8,10,16,18H,3,6,9,11-12H2. The van der Waals surface area contributed by atoms with Crippen molar-refractivity contribution < 1.29 is 9.94 Å². The van der Waals surface area contributed by atoms with Crippen LogP contribution < -0.4 is 0 Å². The highest BCUT2D eigenvalue weighted by molar-refractivity contribution is 5.82. The van der Waals surface area contributed by atoms with Crippen LogP contribution in [0.5, 0.6) is 0 Å². The molecular weight excluding hydrogens is 238 g/mol. The molecule has 0 aromatic heterocycles. The number of nitrogens with zero attached hydrogens (tertiary/aromatic N) is 1. The Morgan fingerprint density at radius 2 is 2.00 bits per heavy atom. The van der Waals surface area contributed by atoms with Crippen LogP contribution in [0, 0.1) is 0 Å². The summed E-state index contributed by atoms with van der Waals surface area (Å²) in [5.41, 5.74) is 1.19. The molecule has 2 aromatic carbocycles. The largest absolute Gasteiger partial charge is 0.372 e. The summed E-state index contributed by atoms with van der Waals surface area (Å²) in [7, 11) is 0. The molecule has 19 heavy (non-hydrogen) atoms. The van der Waals surface area contributed by atoms with Crippen molar-refractivity contribution >= 4 is 10.8 Å². The Kier molecular flexibility index (Phi) is 3.78. The Bertz CT molecular complexity index is 555. The first-order chi connectivity index (χ1) is 9.31. The first-order valence-corrected chi connectivity index (χ1v) is 6.84. The minimum atomic E-state index is 0.144. The van der Waals surface area contributed by atoms with Crippen LogP contribution in [0.1, 0.15) is 18.4 Å². The first kappa shape index (κ1) is 12.6. The third-order valence-corrected chi connectivity index (χ3v) is 3.66. The van der Waals surface area contributed by atoms with E-state index in [1.165, 1.54) is 21.4 Å². The molecule has 0 saturated carbocycles. The summed E-state index contributed by atoms with van der Waals surface area (Å²) in [6.07, 6.45) is 2.18. The lowest BCUT2D eigenvalue weighted by molar-refractivity contribution is -0.146. The number of ether oxygens (including phenoxy) is 1. The van der Waals surface area contributed by atoms with Gasteiger partial charge in [-0.15, -0.1) is 0 Å². The number of piperidine rings is 1. The van der Waals surface area contributed by atoms with Gasteiger partial charge in [0.25, 0.3) is 0 Å². The fourth-order valence-electron chi connectivity index (χ4n) is 2.60. The Morgan fingerprint density at radius 1 is 1.16 bits per heavy atom. The van der Waals surface area contributed by atoms with E-state index in [9.17, 15) is 5.21 Å². The quantitative estimate of drug-likeness (QED) is 0.916. The minimum Gasteiger partial charge on any atom is -0.372 e. The molecule has 100 valence electrons. The smallest absolute Gasteiger partial charge is 0.0730 e. The molecule has 1 unspecified atom stereocenters. The van der Waals surface area contributed by atoms with Crippen LogP contribution in [0.15, 0.2) is 42.5 Å². The van der Waals surface area contributed by atoms with Crippen molar-refractivity contribution in [3.63, 3.8) is 0 Å². The van der Waals surface area contributed by atoms with Crippen LogP contribution in [0.4, 0.5) is 0 Å². The molecule has 1 aliphatic heterocycles. The van der Waals surface area contributed by atoms with Gasteiger partial charge in [0.15, 0.2) is 0 Å². The molecule has 1 saturated heterocycles. The monoisotopic (exact) mass is 257 g/mol. The number of benzene rings is 2. The van der Waals surface area contributed by atoms with Gasteiger partial charge < -0.3 is 9.94 Å². The number of hydrogen-bond acceptors (Lipinski definition) is 3. The van der Waals surface area contributed by atoms with E-state index in [1.807, 2.05) is 0 Å². The van der Waals surface area contributed by atoms with Crippen molar-refractivity contribution in [1.29, 1.82) is 0 Å². The summed E-state index contributed by atoms with van der Waals surface area (Å²) in [5.74, 6) is 0. The summed E-state index contributed by atoms with van der Waals surface area (Å²) in [6.45, 7) is 1.99. The van der Waals surface area contributed by atoms with Gasteiger partial charge in [-0.25, -0.2) is 0 Å². The van der Waals surface area contributed by atoms with E-state index in [0.29, 0.717) is 13.2 Å². The highest BCUT2D eigenvalue weighted by atomic mass is 16.5. The summed E-state index contributed by atoms with van der Waals surface area (Å²) < 4.78 is 5.89. The second kappa shape index (κ2) is 5.70. The maximum Gasteiger partial charge on any atom is 0.0730 e. The lowest BCUT2D eigenvalue weighted by atomic mass is 10.1. The molecule has 1 aliphatic rings. The highest BCUT2D eigenvalue weighted by Gasteiger charge is 2.18. The second-order valence-electron chi connectivity index (χ2n) is 5.17. The molecule has 0 bridgehead atoms. The number of fused-ring (bicyclic) bond motifs is 1. The lowest BCUT2D eigenvalue weighted by Crippen LogP contribution is -2.37. The van der Waals surface area contributed by atoms with Crippen molar-refractivity contribution in [2.75, 3.05) is 13.1 Å².